The number of halogens is 3. The number of nitrogens with zero attached hydrogens (tertiary/aromatic N) is 1. The van der Waals surface area contributed by atoms with Crippen LogP contribution in [0.1, 0.15) is 18.1 Å². The van der Waals surface area contributed by atoms with Crippen molar-refractivity contribution in [2.75, 3.05) is 0 Å². The predicted molar refractivity (Wildman–Crippen MR) is 67.7 cm³/mol. The first-order valence-electron chi connectivity index (χ1n) is 5.00. The molecule has 1 rings (SSSR count). The first-order chi connectivity index (χ1) is 8.23. The van der Waals surface area contributed by atoms with E-state index < -0.39 is 17.8 Å². The van der Waals surface area contributed by atoms with E-state index in [0.29, 0.717) is 0 Å². The molecule has 0 fully saturated rings. The van der Waals surface area contributed by atoms with Gasteiger partial charge in [0, 0.05) is 23.7 Å². The third-order valence-corrected chi connectivity index (χ3v) is 2.62. The third kappa shape index (κ3) is 3.43. The number of aromatic nitrogens is 1. The number of hydrogen-bond donors (Lipinski definition) is 2. The van der Waals surface area contributed by atoms with Gasteiger partial charge in [0.05, 0.1) is 16.6 Å². The van der Waals surface area contributed by atoms with Crippen LogP contribution in [0, 0.1) is 0 Å². The molecule has 0 aromatic carbocycles. The minimum absolute atomic E-state index is 0.0794. The molecule has 0 bridgehead atoms. The van der Waals surface area contributed by atoms with Gasteiger partial charge < -0.3 is 11.1 Å². The van der Waals surface area contributed by atoms with Crippen LogP contribution in [0.4, 0.5) is 13.2 Å². The van der Waals surface area contributed by atoms with Gasteiger partial charge in [-0.15, -0.1) is 0 Å². The maximum absolute atomic E-state index is 12.8. The van der Waals surface area contributed by atoms with E-state index in [0.717, 1.165) is 18.5 Å². The van der Waals surface area contributed by atoms with Gasteiger partial charge >= 0.3 is 6.18 Å². The van der Waals surface area contributed by atoms with Crippen LogP contribution in [0.5, 0.6) is 0 Å². The Hall–Kier alpha value is -1.63. The fraction of sp³-hybridized carbons (Fsp3) is 0.273. The Morgan fingerprint density at radius 2 is 2.17 bits per heavy atom. The molecule has 0 radical (unpaired) electrons. The molecule has 1 aromatic rings. The summed E-state index contributed by atoms with van der Waals surface area (Å²) in [6.45, 7) is 5.19. The normalized spacial score (nSPS) is 12.9. The van der Waals surface area contributed by atoms with Crippen LogP contribution >= 0.6 is 12.2 Å². The second-order valence-electron chi connectivity index (χ2n) is 3.67. The van der Waals surface area contributed by atoms with Gasteiger partial charge in [0.15, 0.2) is 0 Å². The average molecular weight is 275 g/mol. The van der Waals surface area contributed by atoms with E-state index >= 15 is 0 Å². The highest BCUT2D eigenvalue weighted by Crippen LogP contribution is 2.33. The zero-order valence-corrected chi connectivity index (χ0v) is 10.4. The fourth-order valence-corrected chi connectivity index (χ4v) is 1.35. The lowest BCUT2D eigenvalue weighted by Gasteiger charge is -2.18. The van der Waals surface area contributed by atoms with Crippen molar-refractivity contribution in [2.24, 2.45) is 5.73 Å². The minimum atomic E-state index is -4.46. The predicted octanol–water partition coefficient (Wildman–Crippen LogP) is 2.34. The fourth-order valence-electron chi connectivity index (χ4n) is 1.29. The summed E-state index contributed by atoms with van der Waals surface area (Å²) in [4.78, 5) is 3.81. The number of pyridine rings is 1. The van der Waals surface area contributed by atoms with E-state index in [2.05, 4.69) is 16.9 Å². The Kier molecular flexibility index (Phi) is 4.28. The summed E-state index contributed by atoms with van der Waals surface area (Å²) >= 11 is 4.73. The minimum Gasteiger partial charge on any atom is -0.392 e. The van der Waals surface area contributed by atoms with Gasteiger partial charge in [-0.3, -0.25) is 4.98 Å². The highest BCUT2D eigenvalue weighted by molar-refractivity contribution is 7.80. The van der Waals surface area contributed by atoms with E-state index in [-0.39, 0.29) is 16.2 Å². The zero-order valence-electron chi connectivity index (χ0n) is 9.58. The van der Waals surface area contributed by atoms with Crippen molar-refractivity contribution in [3.63, 3.8) is 0 Å². The summed E-state index contributed by atoms with van der Waals surface area (Å²) < 4.78 is 38.3. The molecule has 0 amide bonds. The van der Waals surface area contributed by atoms with Crippen LogP contribution < -0.4 is 11.1 Å². The second-order valence-corrected chi connectivity index (χ2v) is 4.14. The standard InChI is InChI=1S/C11H12F3N3S/c1-6(17-7(2)10(15)18)8-5-16-4-3-9(8)11(12,13)14/h3-5,7,17H,1H2,2H3,(H2,15,18). The Labute approximate surface area is 108 Å². The number of alkyl halides is 3. The smallest absolute Gasteiger partial charge is 0.392 e. The zero-order chi connectivity index (χ0) is 13.9. The molecule has 0 aliphatic carbocycles. The second kappa shape index (κ2) is 5.34. The van der Waals surface area contributed by atoms with Crippen molar-refractivity contribution in [1.82, 2.24) is 10.3 Å². The Balaban J connectivity index is 3.03. The Morgan fingerprint density at radius 3 is 2.67 bits per heavy atom. The van der Waals surface area contributed by atoms with Crippen LogP contribution in [-0.4, -0.2) is 16.0 Å². The molecule has 1 atom stereocenters. The monoisotopic (exact) mass is 275 g/mol. The van der Waals surface area contributed by atoms with Gasteiger partial charge in [0.2, 0.25) is 0 Å². The van der Waals surface area contributed by atoms with Crippen LogP contribution in [0.25, 0.3) is 5.70 Å². The molecule has 0 saturated heterocycles. The SMILES string of the molecule is C=C(NC(C)C(N)=S)c1cnccc1C(F)(F)F. The summed E-state index contributed by atoms with van der Waals surface area (Å²) in [7, 11) is 0. The Morgan fingerprint density at radius 1 is 1.56 bits per heavy atom. The van der Waals surface area contributed by atoms with Crippen molar-refractivity contribution < 1.29 is 13.2 Å². The molecule has 18 heavy (non-hydrogen) atoms. The number of rotatable bonds is 4. The first kappa shape index (κ1) is 14.4. The lowest BCUT2D eigenvalue weighted by Crippen LogP contribution is -2.36. The quantitative estimate of drug-likeness (QED) is 0.828. The molecular formula is C11H12F3N3S. The summed E-state index contributed by atoms with van der Waals surface area (Å²) in [6.07, 6.45) is -2.28. The molecule has 1 unspecified atom stereocenters. The number of hydrogen-bond acceptors (Lipinski definition) is 3. The maximum Gasteiger partial charge on any atom is 0.417 e. The van der Waals surface area contributed by atoms with Crippen LogP contribution in [0.3, 0.4) is 0 Å². The van der Waals surface area contributed by atoms with Gasteiger partial charge in [0.1, 0.15) is 0 Å². The van der Waals surface area contributed by atoms with E-state index in [4.69, 9.17) is 18.0 Å². The van der Waals surface area contributed by atoms with Crippen molar-refractivity contribution >= 4 is 22.9 Å². The molecule has 0 aliphatic rings. The number of nitrogens with two attached hydrogens (primary N) is 1. The molecule has 7 heteroatoms. The Bertz CT molecular complexity index is 471. The summed E-state index contributed by atoms with van der Waals surface area (Å²) in [5, 5.41) is 2.71. The van der Waals surface area contributed by atoms with Gasteiger partial charge in [-0.05, 0) is 13.0 Å². The highest BCUT2D eigenvalue weighted by Gasteiger charge is 2.34. The first-order valence-corrected chi connectivity index (χ1v) is 5.40. The van der Waals surface area contributed by atoms with Gasteiger partial charge in [0.25, 0.3) is 0 Å². The lowest BCUT2D eigenvalue weighted by molar-refractivity contribution is -0.137. The van der Waals surface area contributed by atoms with Crippen LogP contribution in [0.15, 0.2) is 25.0 Å². The highest BCUT2D eigenvalue weighted by atomic mass is 32.1. The topological polar surface area (TPSA) is 50.9 Å². The lowest BCUT2D eigenvalue weighted by atomic mass is 10.1. The van der Waals surface area contributed by atoms with E-state index in [1.54, 1.807) is 6.92 Å². The molecule has 0 spiro atoms. The summed E-state index contributed by atoms with van der Waals surface area (Å²) in [6, 6.07) is 0.446. The molecule has 98 valence electrons. The molecule has 0 aliphatic heterocycles. The van der Waals surface area contributed by atoms with E-state index in [1.165, 1.54) is 0 Å². The van der Waals surface area contributed by atoms with Crippen LogP contribution in [-0.2, 0) is 6.18 Å². The summed E-state index contributed by atoms with van der Waals surface area (Å²) in [5.74, 6) is 0. The van der Waals surface area contributed by atoms with E-state index in [1.807, 2.05) is 0 Å². The molecule has 0 saturated carbocycles. The molecule has 3 nitrogen and oxygen atoms in total. The van der Waals surface area contributed by atoms with Crippen molar-refractivity contribution in [3.8, 4) is 0 Å². The maximum atomic E-state index is 12.8. The molecule has 3 N–H and O–H groups in total. The molecule has 1 heterocycles. The van der Waals surface area contributed by atoms with Crippen molar-refractivity contribution in [3.05, 3.63) is 36.2 Å². The molecular weight excluding hydrogens is 263 g/mol. The molecule has 1 aromatic heterocycles. The van der Waals surface area contributed by atoms with Gasteiger partial charge in [-0.25, -0.2) is 0 Å². The summed E-state index contributed by atoms with van der Waals surface area (Å²) in [5.41, 5.74) is 4.54. The van der Waals surface area contributed by atoms with Gasteiger partial charge in [-0.2, -0.15) is 13.2 Å². The number of thiocarbonyl (C=S) groups is 1. The third-order valence-electron chi connectivity index (χ3n) is 2.27. The van der Waals surface area contributed by atoms with Crippen molar-refractivity contribution in [2.45, 2.75) is 19.1 Å². The van der Waals surface area contributed by atoms with Crippen LogP contribution in [0.2, 0.25) is 0 Å². The van der Waals surface area contributed by atoms with Gasteiger partial charge in [-0.1, -0.05) is 18.8 Å². The number of nitrogens with one attached hydrogen (secondary N) is 1. The average Bonchev–Trinajstić information content (AvgIpc) is 2.27. The van der Waals surface area contributed by atoms with Crippen molar-refractivity contribution in [1.29, 1.82) is 0 Å². The van der Waals surface area contributed by atoms with E-state index in [9.17, 15) is 13.2 Å². The largest absolute Gasteiger partial charge is 0.417 e.